The van der Waals surface area contributed by atoms with E-state index in [1.165, 1.54) is 4.90 Å². The Labute approximate surface area is 101 Å². The van der Waals surface area contributed by atoms with Gasteiger partial charge in [-0.05, 0) is 27.2 Å². The van der Waals surface area contributed by atoms with Crippen molar-refractivity contribution in [2.75, 3.05) is 13.1 Å². The predicted molar refractivity (Wildman–Crippen MR) is 60.0 cm³/mol. The number of hydrogen-bond donors (Lipinski definition) is 1. The molecule has 0 aliphatic carbocycles. The summed E-state index contributed by atoms with van der Waals surface area (Å²) >= 11 is 0. The predicted octanol–water partition coefficient (Wildman–Crippen LogP) is 0.636. The molecule has 2 amide bonds. The number of rotatable bonds is 2. The first-order valence-corrected chi connectivity index (χ1v) is 5.49. The molecular weight excluding hydrogens is 222 g/mol. The van der Waals surface area contributed by atoms with E-state index in [-0.39, 0.29) is 12.5 Å². The summed E-state index contributed by atoms with van der Waals surface area (Å²) in [6.07, 6.45) is -0.0885. The molecule has 0 aromatic carbocycles. The molecule has 6 heteroatoms. The molecule has 1 rings (SSSR count). The Morgan fingerprint density at radius 2 is 2.29 bits per heavy atom. The maximum absolute atomic E-state index is 11.7. The van der Waals surface area contributed by atoms with Gasteiger partial charge in [-0.25, -0.2) is 4.79 Å². The Bertz CT molecular complexity index is 354. The number of ether oxygens (including phenoxy) is 1. The Hall–Kier alpha value is -1.77. The molecule has 0 saturated carbocycles. The number of nitrogens with one attached hydrogen (secondary N) is 1. The quantitative estimate of drug-likeness (QED) is 0.717. The van der Waals surface area contributed by atoms with Crippen molar-refractivity contribution in [3.05, 3.63) is 0 Å². The number of nitrogens with zero attached hydrogens (tertiary/aromatic N) is 2. The van der Waals surface area contributed by atoms with Gasteiger partial charge in [-0.3, -0.25) is 4.79 Å². The number of amides is 2. The molecule has 17 heavy (non-hydrogen) atoms. The van der Waals surface area contributed by atoms with Gasteiger partial charge in [0.05, 0.1) is 6.07 Å². The van der Waals surface area contributed by atoms with Crippen LogP contribution in [0.2, 0.25) is 0 Å². The number of alkyl carbamates (subject to hydrolysis) is 1. The van der Waals surface area contributed by atoms with Gasteiger partial charge in [0.1, 0.15) is 18.2 Å². The minimum atomic E-state index is -0.602. The molecule has 0 bridgehead atoms. The molecule has 0 radical (unpaired) electrons. The summed E-state index contributed by atoms with van der Waals surface area (Å²) in [6, 6.07) is 1.34. The summed E-state index contributed by atoms with van der Waals surface area (Å²) in [6.45, 7) is 5.82. The summed E-state index contributed by atoms with van der Waals surface area (Å²) in [7, 11) is 0. The molecule has 6 nitrogen and oxygen atoms in total. The molecule has 0 unspecified atom stereocenters. The molecular formula is C11H17N3O3. The highest BCUT2D eigenvalue weighted by Crippen LogP contribution is 2.12. The Balaban J connectivity index is 2.47. The molecule has 1 fully saturated rings. The molecule has 1 atom stereocenters. The van der Waals surface area contributed by atoms with Gasteiger partial charge in [-0.2, -0.15) is 5.26 Å². The van der Waals surface area contributed by atoms with E-state index in [4.69, 9.17) is 10.00 Å². The van der Waals surface area contributed by atoms with Crippen LogP contribution in [-0.2, 0) is 9.53 Å². The zero-order valence-corrected chi connectivity index (χ0v) is 10.3. The van der Waals surface area contributed by atoms with Gasteiger partial charge < -0.3 is 15.0 Å². The average molecular weight is 239 g/mol. The lowest BCUT2D eigenvalue weighted by Gasteiger charge is -2.21. The van der Waals surface area contributed by atoms with Gasteiger partial charge in [0.2, 0.25) is 5.91 Å². The molecule has 1 saturated heterocycles. The molecule has 1 aliphatic rings. The van der Waals surface area contributed by atoms with E-state index in [1.807, 2.05) is 6.07 Å². The molecule has 0 aromatic rings. The molecule has 94 valence electrons. The van der Waals surface area contributed by atoms with Gasteiger partial charge in [-0.1, -0.05) is 0 Å². The zero-order valence-electron chi connectivity index (χ0n) is 10.3. The summed E-state index contributed by atoms with van der Waals surface area (Å²) in [5.74, 6) is -0.225. The standard InChI is InChI=1S/C11H17N3O3/c1-11(2,3)17-10(16)13-8-4-6-14(7-5-12)9(8)15/h8H,4,6-7H2,1-3H3,(H,13,16)/t8-/m0/s1. The fraction of sp³-hybridized carbons (Fsp3) is 0.727. The van der Waals surface area contributed by atoms with E-state index in [1.54, 1.807) is 20.8 Å². The summed E-state index contributed by atoms with van der Waals surface area (Å²) in [5.41, 5.74) is -0.585. The second-order valence-electron chi connectivity index (χ2n) is 4.91. The van der Waals surface area contributed by atoms with Crippen molar-refractivity contribution in [2.24, 2.45) is 0 Å². The van der Waals surface area contributed by atoms with Crippen molar-refractivity contribution in [3.8, 4) is 6.07 Å². The Kier molecular flexibility index (Phi) is 3.94. The SMILES string of the molecule is CC(C)(C)OC(=O)N[C@H]1CCN(CC#N)C1=O. The van der Waals surface area contributed by atoms with Crippen LogP contribution in [0.1, 0.15) is 27.2 Å². The zero-order chi connectivity index (χ0) is 13.1. The smallest absolute Gasteiger partial charge is 0.408 e. The fourth-order valence-corrected chi connectivity index (χ4v) is 1.57. The van der Waals surface area contributed by atoms with Crippen LogP contribution < -0.4 is 5.32 Å². The van der Waals surface area contributed by atoms with E-state index < -0.39 is 17.7 Å². The van der Waals surface area contributed by atoms with Crippen LogP contribution in [0.25, 0.3) is 0 Å². The van der Waals surface area contributed by atoms with Crippen molar-refractivity contribution in [1.82, 2.24) is 10.2 Å². The van der Waals surface area contributed by atoms with E-state index in [0.29, 0.717) is 13.0 Å². The first kappa shape index (κ1) is 13.3. The second-order valence-corrected chi connectivity index (χ2v) is 4.91. The van der Waals surface area contributed by atoms with Crippen LogP contribution in [-0.4, -0.2) is 41.6 Å². The summed E-state index contributed by atoms with van der Waals surface area (Å²) < 4.78 is 5.06. The lowest BCUT2D eigenvalue weighted by Crippen LogP contribution is -2.43. The maximum atomic E-state index is 11.7. The highest BCUT2D eigenvalue weighted by atomic mass is 16.6. The fourth-order valence-electron chi connectivity index (χ4n) is 1.57. The van der Waals surface area contributed by atoms with Gasteiger partial charge in [0.15, 0.2) is 0 Å². The molecule has 0 spiro atoms. The topological polar surface area (TPSA) is 82.4 Å². The highest BCUT2D eigenvalue weighted by Gasteiger charge is 2.33. The van der Waals surface area contributed by atoms with Crippen LogP contribution in [0.4, 0.5) is 4.79 Å². The van der Waals surface area contributed by atoms with Crippen molar-refractivity contribution >= 4 is 12.0 Å². The van der Waals surface area contributed by atoms with Crippen molar-refractivity contribution < 1.29 is 14.3 Å². The monoisotopic (exact) mass is 239 g/mol. The van der Waals surface area contributed by atoms with Gasteiger partial charge in [-0.15, -0.1) is 0 Å². The van der Waals surface area contributed by atoms with Crippen molar-refractivity contribution in [1.29, 1.82) is 5.26 Å². The number of carbonyl (C=O) groups is 2. The normalized spacial score (nSPS) is 20.0. The molecule has 1 heterocycles. The summed E-state index contributed by atoms with van der Waals surface area (Å²) in [5, 5.41) is 11.0. The van der Waals surface area contributed by atoms with Crippen LogP contribution >= 0.6 is 0 Å². The van der Waals surface area contributed by atoms with Gasteiger partial charge in [0.25, 0.3) is 0 Å². The number of hydrogen-bond acceptors (Lipinski definition) is 4. The van der Waals surface area contributed by atoms with Crippen molar-refractivity contribution in [2.45, 2.75) is 38.8 Å². The van der Waals surface area contributed by atoms with Crippen LogP contribution in [0, 0.1) is 11.3 Å². The van der Waals surface area contributed by atoms with E-state index >= 15 is 0 Å². The third-order valence-electron chi connectivity index (χ3n) is 2.25. The minimum absolute atomic E-state index is 0.0608. The van der Waals surface area contributed by atoms with Gasteiger partial charge >= 0.3 is 6.09 Å². The highest BCUT2D eigenvalue weighted by molar-refractivity contribution is 5.87. The van der Waals surface area contributed by atoms with E-state index in [9.17, 15) is 9.59 Å². The first-order chi connectivity index (χ1) is 7.83. The minimum Gasteiger partial charge on any atom is -0.444 e. The molecule has 1 aliphatic heterocycles. The first-order valence-electron chi connectivity index (χ1n) is 5.49. The lowest BCUT2D eigenvalue weighted by molar-refractivity contribution is -0.128. The van der Waals surface area contributed by atoms with Crippen LogP contribution in [0.15, 0.2) is 0 Å². The summed E-state index contributed by atoms with van der Waals surface area (Å²) in [4.78, 5) is 24.6. The largest absolute Gasteiger partial charge is 0.444 e. The molecule has 1 N–H and O–H groups in total. The Morgan fingerprint density at radius 1 is 1.65 bits per heavy atom. The lowest BCUT2D eigenvalue weighted by atomic mass is 10.2. The van der Waals surface area contributed by atoms with Crippen LogP contribution in [0.5, 0.6) is 0 Å². The number of carbonyl (C=O) groups excluding carboxylic acids is 2. The van der Waals surface area contributed by atoms with Crippen LogP contribution in [0.3, 0.4) is 0 Å². The van der Waals surface area contributed by atoms with Gasteiger partial charge in [0, 0.05) is 6.54 Å². The number of nitriles is 1. The van der Waals surface area contributed by atoms with E-state index in [0.717, 1.165) is 0 Å². The maximum Gasteiger partial charge on any atom is 0.408 e. The number of likely N-dealkylation sites (tertiary alicyclic amines) is 1. The third kappa shape index (κ3) is 3.94. The average Bonchev–Trinajstić information content (AvgIpc) is 2.47. The van der Waals surface area contributed by atoms with Crippen molar-refractivity contribution in [3.63, 3.8) is 0 Å². The second kappa shape index (κ2) is 5.04. The van der Waals surface area contributed by atoms with E-state index in [2.05, 4.69) is 5.32 Å². The third-order valence-corrected chi connectivity index (χ3v) is 2.25. The Morgan fingerprint density at radius 3 is 2.82 bits per heavy atom. The molecule has 0 aromatic heterocycles.